The van der Waals surface area contributed by atoms with E-state index in [9.17, 15) is 9.59 Å². The fourth-order valence-corrected chi connectivity index (χ4v) is 2.38. The molecule has 0 aromatic rings. The van der Waals surface area contributed by atoms with Crippen molar-refractivity contribution >= 4 is 12.1 Å². The van der Waals surface area contributed by atoms with Crippen LogP contribution in [0.2, 0.25) is 0 Å². The smallest absolute Gasteiger partial charge is 0.410 e. The molecule has 0 radical (unpaired) electrons. The number of hydrogen-bond donors (Lipinski definition) is 1. The molecule has 5 nitrogen and oxygen atoms in total. The van der Waals surface area contributed by atoms with Crippen LogP contribution in [0, 0.1) is 5.92 Å². The van der Waals surface area contributed by atoms with E-state index in [-0.39, 0.29) is 12.1 Å². The Morgan fingerprint density at radius 3 is 2.20 bits per heavy atom. The predicted octanol–water partition coefficient (Wildman–Crippen LogP) is 3.05. The Kier molecular flexibility index (Phi) is 5.60. The molecule has 0 bridgehead atoms. The van der Waals surface area contributed by atoms with Gasteiger partial charge in [0.2, 0.25) is 0 Å². The Morgan fingerprint density at radius 1 is 1.20 bits per heavy atom. The van der Waals surface area contributed by atoms with Crippen LogP contribution in [0.25, 0.3) is 0 Å². The first kappa shape index (κ1) is 16.5. The molecule has 1 rings (SSSR count). The summed E-state index contributed by atoms with van der Waals surface area (Å²) in [6.07, 6.45) is 6.24. The first-order valence-corrected chi connectivity index (χ1v) is 7.06. The lowest BCUT2D eigenvalue weighted by molar-refractivity contribution is -0.131. The van der Waals surface area contributed by atoms with Crippen LogP contribution in [0.3, 0.4) is 0 Å². The maximum atomic E-state index is 12.0. The number of carbonyl (C=O) groups is 2. The highest BCUT2D eigenvalue weighted by Gasteiger charge is 2.28. The molecule has 5 heteroatoms. The number of ether oxygens (including phenoxy) is 1. The van der Waals surface area contributed by atoms with E-state index in [1.165, 1.54) is 6.08 Å². The summed E-state index contributed by atoms with van der Waals surface area (Å²) in [6.45, 7) is 5.56. The highest BCUT2D eigenvalue weighted by molar-refractivity contribution is 5.79. The highest BCUT2D eigenvalue weighted by atomic mass is 16.6. The Balaban J connectivity index is 2.44. The van der Waals surface area contributed by atoms with Crippen LogP contribution in [-0.2, 0) is 9.53 Å². The van der Waals surface area contributed by atoms with E-state index in [1.807, 2.05) is 20.8 Å². The number of carbonyl (C=O) groups excluding carboxylic acids is 1. The third-order valence-corrected chi connectivity index (χ3v) is 3.48. The molecule has 1 saturated carbocycles. The molecule has 0 aromatic carbocycles. The van der Waals surface area contributed by atoms with Crippen LogP contribution >= 0.6 is 0 Å². The largest absolute Gasteiger partial charge is 0.478 e. The first-order chi connectivity index (χ1) is 9.19. The van der Waals surface area contributed by atoms with Crippen LogP contribution in [0.5, 0.6) is 0 Å². The van der Waals surface area contributed by atoms with E-state index >= 15 is 0 Å². The number of amides is 1. The fraction of sp³-hybridized carbons (Fsp3) is 0.733. The lowest BCUT2D eigenvalue weighted by Gasteiger charge is -2.34. The Morgan fingerprint density at radius 2 is 1.75 bits per heavy atom. The van der Waals surface area contributed by atoms with Crippen molar-refractivity contribution in [2.24, 2.45) is 5.92 Å². The summed E-state index contributed by atoms with van der Waals surface area (Å²) in [4.78, 5) is 24.1. The molecule has 0 atom stereocenters. The second-order valence-corrected chi connectivity index (χ2v) is 6.36. The number of aliphatic carboxylic acids is 1. The fourth-order valence-electron chi connectivity index (χ4n) is 2.38. The van der Waals surface area contributed by atoms with Crippen molar-refractivity contribution in [2.75, 3.05) is 7.05 Å². The van der Waals surface area contributed by atoms with Gasteiger partial charge in [0.05, 0.1) is 0 Å². The summed E-state index contributed by atoms with van der Waals surface area (Å²) in [5.41, 5.74) is -0.479. The van der Waals surface area contributed by atoms with E-state index in [1.54, 1.807) is 18.0 Å². The van der Waals surface area contributed by atoms with Gasteiger partial charge in [-0.05, 0) is 52.4 Å². The van der Waals surface area contributed by atoms with Gasteiger partial charge < -0.3 is 14.7 Å². The normalized spacial score (nSPS) is 23.6. The minimum Gasteiger partial charge on any atom is -0.478 e. The molecule has 0 spiro atoms. The van der Waals surface area contributed by atoms with Crippen LogP contribution in [0.15, 0.2) is 12.2 Å². The van der Waals surface area contributed by atoms with Crippen LogP contribution in [-0.4, -0.2) is 40.8 Å². The van der Waals surface area contributed by atoms with Crippen LogP contribution in [0.4, 0.5) is 4.79 Å². The van der Waals surface area contributed by atoms with Crippen molar-refractivity contribution < 1.29 is 19.4 Å². The minimum atomic E-state index is -0.905. The van der Waals surface area contributed by atoms with Crippen LogP contribution in [0.1, 0.15) is 46.5 Å². The number of hydrogen-bond acceptors (Lipinski definition) is 3. The van der Waals surface area contributed by atoms with Crippen molar-refractivity contribution in [3.05, 3.63) is 12.2 Å². The molecular weight excluding hydrogens is 258 g/mol. The van der Waals surface area contributed by atoms with Gasteiger partial charge in [0.1, 0.15) is 5.60 Å². The lowest BCUT2D eigenvalue weighted by atomic mass is 9.85. The maximum Gasteiger partial charge on any atom is 0.410 e. The van der Waals surface area contributed by atoms with Gasteiger partial charge in [-0.1, -0.05) is 6.08 Å². The quantitative estimate of drug-likeness (QED) is 0.808. The molecule has 1 N–H and O–H groups in total. The number of nitrogens with zero attached hydrogens (tertiary/aromatic N) is 1. The maximum absolute atomic E-state index is 12.0. The van der Waals surface area contributed by atoms with Crippen LogP contribution < -0.4 is 0 Å². The van der Waals surface area contributed by atoms with Gasteiger partial charge in [-0.25, -0.2) is 9.59 Å². The summed E-state index contributed by atoms with van der Waals surface area (Å²) in [5, 5.41) is 8.61. The molecule has 1 amide bonds. The van der Waals surface area contributed by atoms with Gasteiger partial charge >= 0.3 is 12.1 Å². The van der Waals surface area contributed by atoms with Crippen molar-refractivity contribution in [2.45, 2.75) is 58.1 Å². The monoisotopic (exact) mass is 283 g/mol. The molecule has 1 aliphatic rings. The average Bonchev–Trinajstić information content (AvgIpc) is 2.34. The van der Waals surface area contributed by atoms with Gasteiger partial charge in [-0.15, -0.1) is 0 Å². The predicted molar refractivity (Wildman–Crippen MR) is 76.5 cm³/mol. The molecule has 0 unspecified atom stereocenters. The van der Waals surface area contributed by atoms with Crippen molar-refractivity contribution in [1.82, 2.24) is 4.90 Å². The molecule has 20 heavy (non-hydrogen) atoms. The van der Waals surface area contributed by atoms with Crippen molar-refractivity contribution in [3.63, 3.8) is 0 Å². The molecule has 1 aliphatic carbocycles. The Hall–Kier alpha value is -1.52. The third kappa shape index (κ3) is 5.63. The first-order valence-electron chi connectivity index (χ1n) is 7.06. The SMILES string of the molecule is CN(C(=O)OC(C)(C)C)C1CCC(C=CC(=O)O)CC1. The Labute approximate surface area is 120 Å². The summed E-state index contributed by atoms with van der Waals surface area (Å²) in [6, 6.07) is 0.180. The van der Waals surface area contributed by atoms with E-state index in [4.69, 9.17) is 9.84 Å². The number of allylic oxidation sites excluding steroid dienone is 1. The van der Waals surface area contributed by atoms with Gasteiger partial charge in [-0.2, -0.15) is 0 Å². The van der Waals surface area contributed by atoms with Crippen molar-refractivity contribution in [1.29, 1.82) is 0 Å². The molecule has 114 valence electrons. The summed E-state index contributed by atoms with van der Waals surface area (Å²) >= 11 is 0. The molecule has 0 aromatic heterocycles. The Bertz CT molecular complexity index is 376. The van der Waals surface area contributed by atoms with Gasteiger partial charge in [-0.3, -0.25) is 0 Å². The van der Waals surface area contributed by atoms with E-state index in [0.717, 1.165) is 25.7 Å². The van der Waals surface area contributed by atoms with Gasteiger partial charge in [0, 0.05) is 19.2 Å². The molecular formula is C15H25NO4. The lowest BCUT2D eigenvalue weighted by Crippen LogP contribution is -2.42. The molecule has 0 aliphatic heterocycles. The summed E-state index contributed by atoms with van der Waals surface area (Å²) in [7, 11) is 1.77. The zero-order valence-corrected chi connectivity index (χ0v) is 12.8. The molecule has 0 saturated heterocycles. The topological polar surface area (TPSA) is 66.8 Å². The van der Waals surface area contributed by atoms with Crippen molar-refractivity contribution in [3.8, 4) is 0 Å². The second kappa shape index (κ2) is 6.77. The molecule has 1 fully saturated rings. The summed E-state index contributed by atoms with van der Waals surface area (Å²) in [5.74, 6) is -0.604. The highest BCUT2D eigenvalue weighted by Crippen LogP contribution is 2.28. The van der Waals surface area contributed by atoms with E-state index in [2.05, 4.69) is 0 Å². The number of rotatable bonds is 3. The van der Waals surface area contributed by atoms with Gasteiger partial charge in [0.25, 0.3) is 0 Å². The minimum absolute atomic E-state index is 0.180. The molecule has 0 heterocycles. The number of carboxylic acids is 1. The zero-order chi connectivity index (χ0) is 15.3. The zero-order valence-electron chi connectivity index (χ0n) is 12.8. The standard InChI is InChI=1S/C15H25NO4/c1-15(2,3)20-14(19)16(4)12-8-5-11(6-9-12)7-10-13(17)18/h7,10-12H,5-6,8-9H2,1-4H3,(H,17,18). The van der Waals surface area contributed by atoms with Gasteiger partial charge in [0.15, 0.2) is 0 Å². The van der Waals surface area contributed by atoms with E-state index < -0.39 is 11.6 Å². The second-order valence-electron chi connectivity index (χ2n) is 6.36. The summed E-state index contributed by atoms with van der Waals surface area (Å²) < 4.78 is 5.35. The third-order valence-electron chi connectivity index (χ3n) is 3.48. The van der Waals surface area contributed by atoms with E-state index in [0.29, 0.717) is 5.92 Å². The number of carboxylic acid groups (broad SMARTS) is 1. The average molecular weight is 283 g/mol.